The predicted octanol–water partition coefficient (Wildman–Crippen LogP) is -0.972. The van der Waals surface area contributed by atoms with Gasteiger partial charge in [-0.15, -0.1) is 0 Å². The Bertz CT molecular complexity index is 765. The normalized spacial score (nSPS) is 12.0. The molecule has 116 valence electrons. The first-order chi connectivity index (χ1) is 10.2. The van der Waals surface area contributed by atoms with E-state index in [-0.39, 0.29) is 12.4 Å². The zero-order valence-electron chi connectivity index (χ0n) is 12.0. The van der Waals surface area contributed by atoms with E-state index in [0.717, 1.165) is 11.0 Å². The van der Waals surface area contributed by atoms with Gasteiger partial charge in [0.05, 0.1) is 12.8 Å². The zero-order valence-corrected chi connectivity index (χ0v) is 12.8. The monoisotopic (exact) mass is 319 g/mol. The second-order valence-corrected chi connectivity index (χ2v) is 4.89. The van der Waals surface area contributed by atoms with Crippen molar-refractivity contribution in [2.45, 2.75) is 19.2 Å². The number of benzene rings is 1. The van der Waals surface area contributed by atoms with Gasteiger partial charge in [0.15, 0.2) is 0 Å². The fourth-order valence-corrected chi connectivity index (χ4v) is 2.57. The Balaban J connectivity index is 0.00000176. The van der Waals surface area contributed by atoms with Gasteiger partial charge in [0.25, 0.3) is 0 Å². The summed E-state index contributed by atoms with van der Waals surface area (Å²) in [7, 11) is 0. The molecule has 0 bridgehead atoms. The second kappa shape index (κ2) is 6.68. The Hall–Kier alpha value is -2.24. The van der Waals surface area contributed by atoms with Gasteiger partial charge in [-0.25, -0.2) is 9.13 Å². The Morgan fingerprint density at radius 2 is 2.09 bits per heavy atom. The molecule has 0 saturated heterocycles. The molecule has 0 aliphatic heterocycles. The number of fused-ring (bicyclic) bond motifs is 1. The number of anilines is 1. The van der Waals surface area contributed by atoms with Crippen LogP contribution in [0.3, 0.4) is 0 Å². The number of para-hydroxylation sites is 2. The number of hydrogen-bond donors (Lipinski definition) is 2. The molecule has 1 atom stereocenters. The third-order valence-electron chi connectivity index (χ3n) is 3.56. The molecule has 2 heterocycles. The minimum absolute atomic E-state index is 0. The molecule has 0 radical (unpaired) electrons. The molecular formula is C16H18ClN3O2. The molecule has 6 heteroatoms. The molecule has 3 N–H and O–H groups in total. The Kier molecular flexibility index (Phi) is 4.90. The van der Waals surface area contributed by atoms with Gasteiger partial charge in [0.2, 0.25) is 0 Å². The van der Waals surface area contributed by atoms with Gasteiger partial charge < -0.3 is 21.9 Å². The van der Waals surface area contributed by atoms with Crippen molar-refractivity contribution < 1.29 is 26.5 Å². The molecule has 22 heavy (non-hydrogen) atoms. The summed E-state index contributed by atoms with van der Waals surface area (Å²) in [6.07, 6.45) is 2.61. The van der Waals surface area contributed by atoms with Gasteiger partial charge in [-0.2, -0.15) is 0 Å². The molecule has 0 amide bonds. The molecule has 3 rings (SSSR count). The molecular weight excluding hydrogens is 302 g/mol. The van der Waals surface area contributed by atoms with Crippen LogP contribution in [0, 0.1) is 0 Å². The van der Waals surface area contributed by atoms with Crippen LogP contribution in [0.15, 0.2) is 59.7 Å². The lowest BCUT2D eigenvalue weighted by Crippen LogP contribution is -3.00. The number of aliphatic hydroxyl groups excluding tert-OH is 1. The molecule has 5 nitrogen and oxygen atoms in total. The number of aromatic nitrogens is 2. The first-order valence-corrected chi connectivity index (χ1v) is 6.81. The van der Waals surface area contributed by atoms with E-state index in [4.69, 9.17) is 10.2 Å². The van der Waals surface area contributed by atoms with E-state index in [2.05, 4.69) is 6.58 Å². The van der Waals surface area contributed by atoms with E-state index < -0.39 is 6.10 Å². The number of hydrogen-bond acceptors (Lipinski definition) is 3. The molecule has 1 unspecified atom stereocenters. The smallest absolute Gasteiger partial charge is 0.356 e. The lowest BCUT2D eigenvalue weighted by molar-refractivity contribution is -0.666. The fraction of sp³-hybridized carbons (Fsp3) is 0.188. The van der Waals surface area contributed by atoms with Crippen LogP contribution in [0.4, 0.5) is 5.95 Å². The van der Waals surface area contributed by atoms with Gasteiger partial charge >= 0.3 is 5.95 Å². The van der Waals surface area contributed by atoms with Crippen LogP contribution in [0.25, 0.3) is 11.0 Å². The largest absolute Gasteiger partial charge is 1.00 e. The number of nitrogens with zero attached hydrogens (tertiary/aromatic N) is 2. The number of nitrogen functional groups attached to an aromatic ring is 1. The number of aliphatic hydroxyl groups is 1. The Labute approximate surface area is 134 Å². The molecule has 1 aromatic carbocycles. The topological polar surface area (TPSA) is 68.2 Å². The highest BCUT2D eigenvalue weighted by molar-refractivity contribution is 5.73. The van der Waals surface area contributed by atoms with Crippen molar-refractivity contribution in [2.75, 3.05) is 5.73 Å². The maximum atomic E-state index is 10.3. The fourth-order valence-electron chi connectivity index (χ4n) is 2.57. The van der Waals surface area contributed by atoms with Gasteiger partial charge in [-0.3, -0.25) is 5.73 Å². The van der Waals surface area contributed by atoms with Crippen molar-refractivity contribution >= 4 is 17.0 Å². The number of halogens is 1. The van der Waals surface area contributed by atoms with Crippen molar-refractivity contribution in [1.29, 1.82) is 0 Å². The minimum atomic E-state index is -0.740. The van der Waals surface area contributed by atoms with Crippen LogP contribution in [0.2, 0.25) is 0 Å². The van der Waals surface area contributed by atoms with E-state index in [1.165, 1.54) is 0 Å². The quantitative estimate of drug-likeness (QED) is 0.469. The summed E-state index contributed by atoms with van der Waals surface area (Å²) in [4.78, 5) is 0. The van der Waals surface area contributed by atoms with Crippen LogP contribution in [-0.2, 0) is 13.1 Å². The Morgan fingerprint density at radius 1 is 1.32 bits per heavy atom. The van der Waals surface area contributed by atoms with E-state index in [0.29, 0.717) is 24.8 Å². The number of allylic oxidation sites excluding steroid dienone is 1. The lowest BCUT2D eigenvalue weighted by Gasteiger charge is -2.07. The summed E-state index contributed by atoms with van der Waals surface area (Å²) in [6, 6.07) is 11.4. The summed E-state index contributed by atoms with van der Waals surface area (Å²) in [6.45, 7) is 4.72. The summed E-state index contributed by atoms with van der Waals surface area (Å²) in [5.74, 6) is 1.11. The summed E-state index contributed by atoms with van der Waals surface area (Å²) >= 11 is 0. The van der Waals surface area contributed by atoms with Crippen molar-refractivity contribution in [3.05, 3.63) is 61.1 Å². The third kappa shape index (κ3) is 2.73. The molecule has 0 aliphatic carbocycles. The maximum Gasteiger partial charge on any atom is 0.356 e. The molecule has 0 aliphatic rings. The number of nitrogens with two attached hydrogens (primary N) is 1. The van der Waals surface area contributed by atoms with E-state index >= 15 is 0 Å². The van der Waals surface area contributed by atoms with Crippen LogP contribution in [0.5, 0.6) is 0 Å². The third-order valence-corrected chi connectivity index (χ3v) is 3.56. The standard InChI is InChI=1S/C16H17N3O2.ClH/c1-2-9-18-12-6-3-4-7-13(12)19(16(18)17)11-14(20)15-8-5-10-21-15;/h2-8,10,14,17,20H,1,9,11H2;1H. The summed E-state index contributed by atoms with van der Waals surface area (Å²) in [5.41, 5.74) is 8.23. The first kappa shape index (κ1) is 16.1. The predicted molar refractivity (Wildman–Crippen MR) is 80.4 cm³/mol. The lowest BCUT2D eigenvalue weighted by atomic mass is 10.2. The zero-order chi connectivity index (χ0) is 14.8. The van der Waals surface area contributed by atoms with Crippen molar-refractivity contribution in [3.63, 3.8) is 0 Å². The average molecular weight is 320 g/mol. The van der Waals surface area contributed by atoms with Crippen LogP contribution < -0.4 is 22.7 Å². The van der Waals surface area contributed by atoms with E-state index in [1.54, 1.807) is 24.5 Å². The van der Waals surface area contributed by atoms with Crippen molar-refractivity contribution in [2.24, 2.45) is 0 Å². The van der Waals surface area contributed by atoms with E-state index in [1.807, 2.05) is 33.4 Å². The SMILES string of the molecule is C=CCn1c(N)[n+](CC(O)c2ccco2)c2ccccc21.[Cl-]. The van der Waals surface area contributed by atoms with Crippen LogP contribution >= 0.6 is 0 Å². The molecule has 2 aromatic heterocycles. The van der Waals surface area contributed by atoms with Crippen LogP contribution in [0.1, 0.15) is 11.9 Å². The highest BCUT2D eigenvalue weighted by Crippen LogP contribution is 2.19. The molecule has 3 aromatic rings. The highest BCUT2D eigenvalue weighted by Gasteiger charge is 2.23. The molecule has 0 spiro atoms. The van der Waals surface area contributed by atoms with Gasteiger partial charge in [-0.1, -0.05) is 24.8 Å². The van der Waals surface area contributed by atoms with Crippen molar-refractivity contribution in [3.8, 4) is 0 Å². The Morgan fingerprint density at radius 3 is 2.77 bits per heavy atom. The van der Waals surface area contributed by atoms with Gasteiger partial charge in [-0.05, 0) is 24.3 Å². The van der Waals surface area contributed by atoms with Gasteiger partial charge in [0, 0.05) is 0 Å². The number of rotatable bonds is 5. The average Bonchev–Trinajstić information content (AvgIpc) is 3.11. The minimum Gasteiger partial charge on any atom is -1.00 e. The second-order valence-electron chi connectivity index (χ2n) is 4.89. The molecule has 0 fully saturated rings. The highest BCUT2D eigenvalue weighted by atomic mass is 35.5. The van der Waals surface area contributed by atoms with Crippen LogP contribution in [-0.4, -0.2) is 9.67 Å². The van der Waals surface area contributed by atoms with Crippen molar-refractivity contribution in [1.82, 2.24) is 4.57 Å². The van der Waals surface area contributed by atoms with E-state index in [9.17, 15) is 5.11 Å². The number of furan rings is 1. The molecule has 0 saturated carbocycles. The summed E-state index contributed by atoms with van der Waals surface area (Å²) < 4.78 is 9.11. The maximum absolute atomic E-state index is 10.3. The van der Waals surface area contributed by atoms with Gasteiger partial charge in [0.1, 0.15) is 29.4 Å². The number of imidazole rings is 1. The first-order valence-electron chi connectivity index (χ1n) is 6.81. The summed E-state index contributed by atoms with van der Waals surface area (Å²) in [5, 5.41) is 10.3.